The van der Waals surface area contributed by atoms with Gasteiger partial charge >= 0.3 is 0 Å². The van der Waals surface area contributed by atoms with E-state index in [0.29, 0.717) is 12.1 Å². The number of rotatable bonds is 4. The normalized spacial score (nSPS) is 18.1. The number of amides is 2. The summed E-state index contributed by atoms with van der Waals surface area (Å²) in [6, 6.07) is 5.82. The number of carbonyl (C=O) groups excluding carboxylic acids is 2. The summed E-state index contributed by atoms with van der Waals surface area (Å²) in [5, 5.41) is 9.23. The Bertz CT molecular complexity index is 605. The quantitative estimate of drug-likeness (QED) is 0.781. The van der Waals surface area contributed by atoms with Crippen LogP contribution in [0.1, 0.15) is 32.8 Å². The summed E-state index contributed by atoms with van der Waals surface area (Å²) in [5.41, 5.74) is 1.95. The van der Waals surface area contributed by atoms with E-state index in [-0.39, 0.29) is 17.9 Å². The first kappa shape index (κ1) is 18.8. The zero-order chi connectivity index (χ0) is 17.7. The monoisotopic (exact) mass is 349 g/mol. The minimum absolute atomic E-state index is 0.00745. The van der Waals surface area contributed by atoms with Crippen molar-refractivity contribution in [3.05, 3.63) is 23.8 Å². The van der Waals surface area contributed by atoms with Crippen molar-refractivity contribution in [2.24, 2.45) is 5.41 Å². The van der Waals surface area contributed by atoms with E-state index in [2.05, 4.69) is 16.0 Å². The highest BCUT2D eigenvalue weighted by molar-refractivity contribution is 7.99. The average Bonchev–Trinajstić information content (AvgIpc) is 2.50. The average molecular weight is 350 g/mol. The van der Waals surface area contributed by atoms with Crippen LogP contribution in [0.15, 0.2) is 18.2 Å². The van der Waals surface area contributed by atoms with Crippen LogP contribution < -0.4 is 16.0 Å². The molecule has 0 aromatic heterocycles. The van der Waals surface area contributed by atoms with Crippen LogP contribution in [-0.4, -0.2) is 35.9 Å². The summed E-state index contributed by atoms with van der Waals surface area (Å²) in [5.74, 6) is 2.02. The van der Waals surface area contributed by atoms with Crippen molar-refractivity contribution in [3.8, 4) is 0 Å². The zero-order valence-corrected chi connectivity index (χ0v) is 15.7. The number of hydrogen-bond acceptors (Lipinski definition) is 4. The Labute approximate surface area is 148 Å². The predicted molar refractivity (Wildman–Crippen MR) is 102 cm³/mol. The molecule has 5 nitrogen and oxygen atoms in total. The molecule has 2 rings (SSSR count). The van der Waals surface area contributed by atoms with Crippen molar-refractivity contribution in [1.29, 1.82) is 0 Å². The SMILES string of the molecule is Cc1ccc(NC(=O)CC2CSCCN2)cc1NC(=O)C(C)(C)C. The summed E-state index contributed by atoms with van der Waals surface area (Å²) in [7, 11) is 0. The molecule has 1 atom stereocenters. The molecule has 0 radical (unpaired) electrons. The highest BCUT2D eigenvalue weighted by Crippen LogP contribution is 2.24. The molecule has 0 aliphatic carbocycles. The van der Waals surface area contributed by atoms with E-state index in [0.717, 1.165) is 29.3 Å². The van der Waals surface area contributed by atoms with Crippen LogP contribution in [0.3, 0.4) is 0 Å². The van der Waals surface area contributed by atoms with Crippen LogP contribution in [0.2, 0.25) is 0 Å². The maximum atomic E-state index is 12.2. The number of benzene rings is 1. The van der Waals surface area contributed by atoms with E-state index < -0.39 is 5.41 Å². The van der Waals surface area contributed by atoms with E-state index in [1.165, 1.54) is 0 Å². The Kier molecular flexibility index (Phi) is 6.29. The topological polar surface area (TPSA) is 70.2 Å². The number of nitrogens with one attached hydrogen (secondary N) is 3. The zero-order valence-electron chi connectivity index (χ0n) is 14.9. The maximum Gasteiger partial charge on any atom is 0.229 e. The van der Waals surface area contributed by atoms with Crippen LogP contribution in [0.25, 0.3) is 0 Å². The van der Waals surface area contributed by atoms with Gasteiger partial charge in [0.2, 0.25) is 11.8 Å². The van der Waals surface area contributed by atoms with Gasteiger partial charge < -0.3 is 16.0 Å². The van der Waals surface area contributed by atoms with E-state index in [1.807, 2.05) is 57.7 Å². The molecule has 1 unspecified atom stereocenters. The van der Waals surface area contributed by atoms with Gasteiger partial charge in [-0.25, -0.2) is 0 Å². The second-order valence-corrected chi connectivity index (χ2v) is 8.36. The predicted octanol–water partition coefficient (Wildman–Crippen LogP) is 3.01. The lowest BCUT2D eigenvalue weighted by molar-refractivity contribution is -0.123. The standard InChI is InChI=1S/C18H27N3O2S/c1-12-5-6-13(9-15(12)21-17(23)18(2,3)4)20-16(22)10-14-11-24-8-7-19-14/h5-6,9,14,19H,7-8,10-11H2,1-4H3,(H,20,22)(H,21,23). The van der Waals surface area contributed by atoms with Crippen LogP contribution in [0, 0.1) is 12.3 Å². The molecule has 1 heterocycles. The van der Waals surface area contributed by atoms with Crippen LogP contribution in [0.4, 0.5) is 11.4 Å². The van der Waals surface area contributed by atoms with Crippen LogP contribution >= 0.6 is 11.8 Å². The Morgan fingerprint density at radius 2 is 2.04 bits per heavy atom. The molecule has 0 spiro atoms. The summed E-state index contributed by atoms with van der Waals surface area (Å²) in [4.78, 5) is 24.4. The lowest BCUT2D eigenvalue weighted by atomic mass is 9.95. The highest BCUT2D eigenvalue weighted by Gasteiger charge is 2.22. The van der Waals surface area contributed by atoms with Crippen molar-refractivity contribution in [3.63, 3.8) is 0 Å². The van der Waals surface area contributed by atoms with Crippen molar-refractivity contribution in [1.82, 2.24) is 5.32 Å². The minimum atomic E-state index is -0.462. The van der Waals surface area contributed by atoms with Gasteiger partial charge in [-0.3, -0.25) is 9.59 Å². The Morgan fingerprint density at radius 1 is 1.29 bits per heavy atom. The van der Waals surface area contributed by atoms with Gasteiger partial charge in [0.25, 0.3) is 0 Å². The largest absolute Gasteiger partial charge is 0.326 e. The van der Waals surface area contributed by atoms with Gasteiger partial charge in [-0.15, -0.1) is 0 Å². The molecule has 1 aromatic rings. The smallest absolute Gasteiger partial charge is 0.229 e. The number of thioether (sulfide) groups is 1. The molecule has 1 aromatic carbocycles. The third kappa shape index (κ3) is 5.53. The Balaban J connectivity index is 1.99. The Hall–Kier alpha value is -1.53. The third-order valence-corrected chi connectivity index (χ3v) is 5.01. The van der Waals surface area contributed by atoms with Crippen LogP contribution in [-0.2, 0) is 9.59 Å². The molecule has 0 saturated carbocycles. The van der Waals surface area contributed by atoms with Crippen molar-refractivity contribution >= 4 is 35.0 Å². The first-order valence-electron chi connectivity index (χ1n) is 8.29. The molecular weight excluding hydrogens is 322 g/mol. The molecule has 1 aliphatic heterocycles. The van der Waals surface area contributed by atoms with Crippen molar-refractivity contribution < 1.29 is 9.59 Å². The third-order valence-electron chi connectivity index (χ3n) is 3.88. The molecule has 1 aliphatic rings. The van der Waals surface area contributed by atoms with E-state index in [4.69, 9.17) is 0 Å². The molecule has 3 N–H and O–H groups in total. The molecule has 132 valence electrons. The number of anilines is 2. The van der Waals surface area contributed by atoms with Gasteiger partial charge in [-0.2, -0.15) is 11.8 Å². The first-order valence-corrected chi connectivity index (χ1v) is 9.44. The fourth-order valence-electron chi connectivity index (χ4n) is 2.33. The molecule has 0 bridgehead atoms. The number of carbonyl (C=O) groups is 2. The van der Waals surface area contributed by atoms with Crippen molar-refractivity contribution in [2.45, 2.75) is 40.2 Å². The number of hydrogen-bond donors (Lipinski definition) is 3. The summed E-state index contributed by atoms with van der Waals surface area (Å²) >= 11 is 1.87. The second-order valence-electron chi connectivity index (χ2n) is 7.21. The lowest BCUT2D eigenvalue weighted by Crippen LogP contribution is -2.39. The van der Waals surface area contributed by atoms with Gasteiger partial charge in [0.05, 0.1) is 0 Å². The fourth-order valence-corrected chi connectivity index (χ4v) is 3.28. The lowest BCUT2D eigenvalue weighted by Gasteiger charge is -2.22. The first-order chi connectivity index (χ1) is 11.3. The summed E-state index contributed by atoms with van der Waals surface area (Å²) < 4.78 is 0. The minimum Gasteiger partial charge on any atom is -0.326 e. The Morgan fingerprint density at radius 3 is 2.67 bits per heavy atom. The highest BCUT2D eigenvalue weighted by atomic mass is 32.2. The van der Waals surface area contributed by atoms with Gasteiger partial charge in [0.1, 0.15) is 0 Å². The maximum absolute atomic E-state index is 12.2. The summed E-state index contributed by atoms with van der Waals surface area (Å²) in [6.07, 6.45) is 0.463. The fraction of sp³-hybridized carbons (Fsp3) is 0.556. The molecule has 24 heavy (non-hydrogen) atoms. The van der Waals surface area contributed by atoms with Gasteiger partial charge in [-0.05, 0) is 24.6 Å². The van der Waals surface area contributed by atoms with Gasteiger partial charge in [0, 0.05) is 47.3 Å². The molecular formula is C18H27N3O2S. The molecule has 2 amide bonds. The van der Waals surface area contributed by atoms with E-state index in [1.54, 1.807) is 0 Å². The molecule has 1 fully saturated rings. The van der Waals surface area contributed by atoms with E-state index >= 15 is 0 Å². The van der Waals surface area contributed by atoms with Gasteiger partial charge in [0.15, 0.2) is 0 Å². The molecule has 6 heteroatoms. The van der Waals surface area contributed by atoms with Crippen LogP contribution in [0.5, 0.6) is 0 Å². The number of aryl methyl sites for hydroxylation is 1. The summed E-state index contributed by atoms with van der Waals surface area (Å²) in [6.45, 7) is 8.51. The second kappa shape index (κ2) is 8.03. The molecule has 1 saturated heterocycles. The van der Waals surface area contributed by atoms with Crippen molar-refractivity contribution in [2.75, 3.05) is 28.7 Å². The van der Waals surface area contributed by atoms with Gasteiger partial charge in [-0.1, -0.05) is 26.8 Å². The van der Waals surface area contributed by atoms with E-state index in [9.17, 15) is 9.59 Å².